The zero-order chi connectivity index (χ0) is 23.7. The Morgan fingerprint density at radius 1 is 1.09 bits per heavy atom. The predicted octanol–water partition coefficient (Wildman–Crippen LogP) is 7.17. The van der Waals surface area contributed by atoms with Crippen LogP contribution in [0.25, 0.3) is 38.6 Å². The Balaban J connectivity index is 1.52. The first-order valence-corrected chi connectivity index (χ1v) is 11.8. The maximum Gasteiger partial charge on any atom is 0.345 e. The van der Waals surface area contributed by atoms with Crippen LogP contribution < -0.4 is 10.9 Å². The number of hydrogen-bond acceptors (Lipinski definition) is 6. The smallest absolute Gasteiger partial charge is 0.345 e. The molecule has 0 fully saturated rings. The molecule has 0 spiro atoms. The number of nitrogens with one attached hydrogen (secondary N) is 1. The largest absolute Gasteiger partial charge is 0.422 e. The summed E-state index contributed by atoms with van der Waals surface area (Å²) in [6, 6.07) is 23.8. The van der Waals surface area contributed by atoms with Crippen molar-refractivity contribution in [1.82, 2.24) is 4.98 Å². The number of allylic oxidation sites excluding steroid dienone is 1. The van der Waals surface area contributed by atoms with Gasteiger partial charge in [0, 0.05) is 22.7 Å². The molecule has 0 radical (unpaired) electrons. The minimum absolute atomic E-state index is 0.345. The molecule has 34 heavy (non-hydrogen) atoms. The first-order valence-electron chi connectivity index (χ1n) is 10.9. The van der Waals surface area contributed by atoms with E-state index in [0.29, 0.717) is 33.3 Å². The number of thiazole rings is 1. The summed E-state index contributed by atoms with van der Waals surface area (Å²) in [5, 5.41) is 18.2. The number of nitriles is 1. The van der Waals surface area contributed by atoms with Gasteiger partial charge in [0.2, 0.25) is 0 Å². The molecule has 2 heterocycles. The van der Waals surface area contributed by atoms with Crippen molar-refractivity contribution in [2.24, 2.45) is 0 Å². The molecule has 0 bridgehead atoms. The number of aromatic nitrogens is 1. The lowest BCUT2D eigenvalue weighted by Crippen LogP contribution is -2.03. The van der Waals surface area contributed by atoms with Crippen LogP contribution in [0.3, 0.4) is 0 Å². The lowest BCUT2D eigenvalue weighted by Gasteiger charge is -2.12. The van der Waals surface area contributed by atoms with E-state index < -0.39 is 5.63 Å². The third kappa shape index (κ3) is 3.98. The quantitative estimate of drug-likeness (QED) is 0.170. The number of hydrogen-bond donors (Lipinski definition) is 1. The second kappa shape index (κ2) is 8.97. The number of benzene rings is 3. The topological polar surface area (TPSA) is 78.9 Å². The summed E-state index contributed by atoms with van der Waals surface area (Å²) >= 11 is 1.32. The van der Waals surface area contributed by atoms with Gasteiger partial charge >= 0.3 is 5.63 Å². The lowest BCUT2D eigenvalue weighted by atomic mass is 10.0. The number of anilines is 1. The fourth-order valence-electron chi connectivity index (χ4n) is 3.99. The van der Waals surface area contributed by atoms with E-state index in [2.05, 4.69) is 36.3 Å². The minimum Gasteiger partial charge on any atom is -0.422 e. The molecule has 0 amide bonds. The summed E-state index contributed by atoms with van der Waals surface area (Å²) in [7, 11) is 0. The van der Waals surface area contributed by atoms with E-state index in [1.54, 1.807) is 11.6 Å². The lowest BCUT2D eigenvalue weighted by molar-refractivity contribution is 0.563. The van der Waals surface area contributed by atoms with E-state index in [-0.39, 0.29) is 0 Å². The van der Waals surface area contributed by atoms with Gasteiger partial charge in [-0.1, -0.05) is 62.4 Å². The Bertz CT molecular complexity index is 1650. The number of nitrogens with zero attached hydrogens (tertiary/aromatic N) is 2. The summed E-state index contributed by atoms with van der Waals surface area (Å²) < 4.78 is 5.61. The van der Waals surface area contributed by atoms with E-state index in [0.717, 1.165) is 27.4 Å². The van der Waals surface area contributed by atoms with Gasteiger partial charge in [-0.25, -0.2) is 9.78 Å². The monoisotopic (exact) mass is 463 g/mol. The Hall–Kier alpha value is -4.21. The van der Waals surface area contributed by atoms with Crippen LogP contribution in [0.2, 0.25) is 0 Å². The van der Waals surface area contributed by atoms with Crippen LogP contribution in [0.5, 0.6) is 0 Å². The van der Waals surface area contributed by atoms with E-state index in [1.165, 1.54) is 11.3 Å². The summed E-state index contributed by atoms with van der Waals surface area (Å²) in [4.78, 5) is 17.3. The zero-order valence-corrected chi connectivity index (χ0v) is 19.5. The molecule has 0 atom stereocenters. The molecule has 5 aromatic rings. The van der Waals surface area contributed by atoms with Crippen molar-refractivity contribution < 1.29 is 4.42 Å². The third-order valence-corrected chi connectivity index (χ3v) is 6.60. The fraction of sp³-hybridized carbons (Fsp3) is 0.107. The number of fused-ring (bicyclic) bond motifs is 3. The van der Waals surface area contributed by atoms with E-state index in [1.807, 2.05) is 60.7 Å². The molecule has 1 N–H and O–H groups in total. The second-order valence-corrected chi connectivity index (χ2v) is 9.10. The van der Waals surface area contributed by atoms with Crippen molar-refractivity contribution >= 4 is 44.3 Å². The Labute approximate surface area is 200 Å². The highest BCUT2D eigenvalue weighted by Gasteiger charge is 2.15. The van der Waals surface area contributed by atoms with Gasteiger partial charge in [0.1, 0.15) is 22.2 Å². The number of rotatable bonds is 5. The first kappa shape index (κ1) is 21.6. The van der Waals surface area contributed by atoms with Crippen molar-refractivity contribution in [3.05, 3.63) is 99.3 Å². The van der Waals surface area contributed by atoms with Crippen LogP contribution in [-0.4, -0.2) is 4.98 Å². The predicted molar refractivity (Wildman–Crippen MR) is 139 cm³/mol. The van der Waals surface area contributed by atoms with Crippen molar-refractivity contribution in [3.63, 3.8) is 0 Å². The van der Waals surface area contributed by atoms with E-state index >= 15 is 0 Å². The van der Waals surface area contributed by atoms with Gasteiger partial charge in [-0.3, -0.25) is 0 Å². The van der Waals surface area contributed by atoms with Crippen molar-refractivity contribution in [2.45, 2.75) is 19.8 Å². The van der Waals surface area contributed by atoms with Gasteiger partial charge in [-0.15, -0.1) is 11.3 Å². The molecule has 3 aromatic carbocycles. The molecular formula is C28H21N3O2S. The average molecular weight is 464 g/mol. The van der Waals surface area contributed by atoms with E-state index in [4.69, 9.17) is 4.42 Å². The molecule has 0 saturated heterocycles. The molecule has 0 unspecified atom stereocenters. The van der Waals surface area contributed by atoms with Gasteiger partial charge in [0.15, 0.2) is 0 Å². The van der Waals surface area contributed by atoms with Gasteiger partial charge in [0.05, 0.1) is 11.3 Å². The minimum atomic E-state index is -0.453. The highest BCUT2D eigenvalue weighted by Crippen LogP contribution is 2.30. The average Bonchev–Trinajstić information content (AvgIpc) is 3.34. The molecule has 2 aromatic heterocycles. The maximum atomic E-state index is 12.7. The summed E-state index contributed by atoms with van der Waals surface area (Å²) in [6.45, 7) is 4.25. The molecule has 5 rings (SSSR count). The van der Waals surface area contributed by atoms with Gasteiger partial charge in [-0.2, -0.15) is 5.26 Å². The highest BCUT2D eigenvalue weighted by molar-refractivity contribution is 7.11. The van der Waals surface area contributed by atoms with Gasteiger partial charge in [-0.05, 0) is 40.5 Å². The summed E-state index contributed by atoms with van der Waals surface area (Å²) in [6.07, 6.45) is 1.67. The molecule has 0 aliphatic rings. The molecule has 166 valence electrons. The van der Waals surface area contributed by atoms with Crippen LogP contribution >= 0.6 is 11.3 Å². The van der Waals surface area contributed by atoms with Crippen LogP contribution in [0.4, 0.5) is 5.69 Å². The normalized spacial score (nSPS) is 11.8. The fourth-order valence-corrected chi connectivity index (χ4v) is 4.78. The third-order valence-electron chi connectivity index (χ3n) is 5.73. The van der Waals surface area contributed by atoms with Gasteiger partial charge in [0.25, 0.3) is 0 Å². The molecule has 0 aliphatic heterocycles. The second-order valence-electron chi connectivity index (χ2n) is 8.24. The van der Waals surface area contributed by atoms with Gasteiger partial charge < -0.3 is 9.73 Å². The zero-order valence-electron chi connectivity index (χ0n) is 18.7. The molecule has 6 heteroatoms. The Morgan fingerprint density at radius 3 is 2.71 bits per heavy atom. The van der Waals surface area contributed by atoms with Crippen LogP contribution in [0, 0.1) is 11.3 Å². The molecular weight excluding hydrogens is 442 g/mol. The van der Waals surface area contributed by atoms with Crippen molar-refractivity contribution in [2.75, 3.05) is 5.32 Å². The molecule has 0 aliphatic carbocycles. The van der Waals surface area contributed by atoms with E-state index in [9.17, 15) is 10.1 Å². The SMILES string of the molecule is CC(C)c1ccccc1NC=C(C#N)c1nc(-c2cc3c(ccc4ccccc43)oc2=O)cs1. The van der Waals surface area contributed by atoms with Crippen LogP contribution in [-0.2, 0) is 0 Å². The summed E-state index contributed by atoms with van der Waals surface area (Å²) in [5.74, 6) is 0.345. The standard InChI is InChI=1S/C28H21N3O2S/c1-17(2)20-8-5-6-10-24(20)30-15-19(14-29)27-31-25(16-34-27)23-13-22-21-9-4-3-7-18(21)11-12-26(22)33-28(23)32/h3-13,15-17,30H,1-2H3. The van der Waals surface area contributed by atoms with Crippen LogP contribution in [0.1, 0.15) is 30.3 Å². The first-order chi connectivity index (χ1) is 16.5. The van der Waals surface area contributed by atoms with Crippen molar-refractivity contribution in [1.29, 1.82) is 5.26 Å². The van der Waals surface area contributed by atoms with Crippen molar-refractivity contribution in [3.8, 4) is 17.3 Å². The van der Waals surface area contributed by atoms with Crippen LogP contribution in [0.15, 0.2) is 87.5 Å². The Kier molecular flexibility index (Phi) is 5.70. The highest BCUT2D eigenvalue weighted by atomic mass is 32.1. The Morgan fingerprint density at radius 2 is 1.88 bits per heavy atom. The number of para-hydroxylation sites is 1. The molecule has 0 saturated carbocycles. The maximum absolute atomic E-state index is 12.7. The summed E-state index contributed by atoms with van der Waals surface area (Å²) in [5.41, 5.74) is 3.46. The molecule has 5 nitrogen and oxygen atoms in total.